The number of hydrogen-bond donors (Lipinski definition) is 2. The standard InChI is InChI=1S/C13H12ClN3O/c1-8-2-12(7-16-6-8)17-13(18)9-3-10(14)5-11(15)4-9/h2-7H,15H2,1H3,(H,17,18). The van der Waals surface area contributed by atoms with Crippen molar-refractivity contribution in [2.24, 2.45) is 0 Å². The van der Waals surface area contributed by atoms with Crippen molar-refractivity contribution < 1.29 is 4.79 Å². The summed E-state index contributed by atoms with van der Waals surface area (Å²) in [7, 11) is 0. The number of aryl methyl sites for hydroxylation is 1. The third-order valence-corrected chi connectivity index (χ3v) is 2.53. The molecule has 0 bridgehead atoms. The lowest BCUT2D eigenvalue weighted by Crippen LogP contribution is -2.12. The molecule has 1 heterocycles. The summed E-state index contributed by atoms with van der Waals surface area (Å²) in [6.07, 6.45) is 3.30. The van der Waals surface area contributed by atoms with Crippen LogP contribution in [-0.4, -0.2) is 10.9 Å². The second kappa shape index (κ2) is 5.06. The number of nitrogens with one attached hydrogen (secondary N) is 1. The van der Waals surface area contributed by atoms with E-state index in [0.29, 0.717) is 22.0 Å². The Morgan fingerprint density at radius 2 is 2.06 bits per heavy atom. The second-order valence-corrected chi connectivity index (χ2v) is 4.41. The number of amides is 1. The van der Waals surface area contributed by atoms with Crippen LogP contribution in [0.4, 0.5) is 11.4 Å². The zero-order chi connectivity index (χ0) is 13.1. The summed E-state index contributed by atoms with van der Waals surface area (Å²) >= 11 is 5.85. The smallest absolute Gasteiger partial charge is 0.255 e. The first-order valence-electron chi connectivity index (χ1n) is 5.33. The minimum Gasteiger partial charge on any atom is -0.399 e. The van der Waals surface area contributed by atoms with Crippen molar-refractivity contribution in [2.45, 2.75) is 6.92 Å². The predicted octanol–water partition coefficient (Wildman–Crippen LogP) is 2.88. The van der Waals surface area contributed by atoms with Gasteiger partial charge in [0.05, 0.1) is 11.9 Å². The van der Waals surface area contributed by atoms with Gasteiger partial charge in [0.2, 0.25) is 0 Å². The van der Waals surface area contributed by atoms with Crippen molar-refractivity contribution in [3.8, 4) is 0 Å². The fourth-order valence-corrected chi connectivity index (χ4v) is 1.81. The van der Waals surface area contributed by atoms with Gasteiger partial charge in [-0.1, -0.05) is 11.6 Å². The molecule has 0 aliphatic rings. The SMILES string of the molecule is Cc1cncc(NC(=O)c2cc(N)cc(Cl)c2)c1. The summed E-state index contributed by atoms with van der Waals surface area (Å²) in [4.78, 5) is 16.0. The molecule has 1 amide bonds. The lowest BCUT2D eigenvalue weighted by atomic mass is 10.2. The second-order valence-electron chi connectivity index (χ2n) is 3.98. The van der Waals surface area contributed by atoms with Gasteiger partial charge in [0.15, 0.2) is 0 Å². The molecule has 0 spiro atoms. The van der Waals surface area contributed by atoms with Crippen LogP contribution in [0, 0.1) is 6.92 Å². The van der Waals surface area contributed by atoms with Crippen molar-refractivity contribution in [1.29, 1.82) is 0 Å². The predicted molar refractivity (Wildman–Crippen MR) is 72.8 cm³/mol. The molecule has 5 heteroatoms. The molecule has 0 saturated heterocycles. The van der Waals surface area contributed by atoms with Gasteiger partial charge in [-0.15, -0.1) is 0 Å². The van der Waals surface area contributed by atoms with E-state index in [1.807, 2.05) is 13.0 Å². The Kier molecular flexibility index (Phi) is 3.48. The van der Waals surface area contributed by atoms with Crippen molar-refractivity contribution in [3.63, 3.8) is 0 Å². The van der Waals surface area contributed by atoms with Crippen LogP contribution in [0.15, 0.2) is 36.7 Å². The molecule has 0 saturated carbocycles. The van der Waals surface area contributed by atoms with Crippen LogP contribution in [0.25, 0.3) is 0 Å². The lowest BCUT2D eigenvalue weighted by molar-refractivity contribution is 0.102. The van der Waals surface area contributed by atoms with E-state index in [-0.39, 0.29) is 5.91 Å². The van der Waals surface area contributed by atoms with Gasteiger partial charge in [0, 0.05) is 22.5 Å². The van der Waals surface area contributed by atoms with Crippen LogP contribution in [-0.2, 0) is 0 Å². The summed E-state index contributed by atoms with van der Waals surface area (Å²) in [6.45, 7) is 1.90. The van der Waals surface area contributed by atoms with Gasteiger partial charge in [0.25, 0.3) is 5.91 Å². The number of nitrogens with two attached hydrogens (primary N) is 1. The van der Waals surface area contributed by atoms with Crippen LogP contribution in [0.1, 0.15) is 15.9 Å². The molecular weight excluding hydrogens is 250 g/mol. The molecule has 4 nitrogen and oxygen atoms in total. The molecule has 18 heavy (non-hydrogen) atoms. The van der Waals surface area contributed by atoms with Crippen molar-refractivity contribution in [2.75, 3.05) is 11.1 Å². The van der Waals surface area contributed by atoms with Gasteiger partial charge < -0.3 is 11.1 Å². The monoisotopic (exact) mass is 261 g/mol. The third kappa shape index (κ3) is 2.99. The number of nitrogens with zero attached hydrogens (tertiary/aromatic N) is 1. The summed E-state index contributed by atoms with van der Waals surface area (Å²) in [6, 6.07) is 6.56. The van der Waals surface area contributed by atoms with E-state index in [0.717, 1.165) is 5.56 Å². The number of carbonyl (C=O) groups excluding carboxylic acids is 1. The first-order chi connectivity index (χ1) is 8.54. The van der Waals surface area contributed by atoms with E-state index in [2.05, 4.69) is 10.3 Å². The van der Waals surface area contributed by atoms with E-state index in [9.17, 15) is 4.79 Å². The molecule has 0 radical (unpaired) electrons. The molecule has 0 fully saturated rings. The van der Waals surface area contributed by atoms with Gasteiger partial charge in [-0.3, -0.25) is 9.78 Å². The number of anilines is 2. The Balaban J connectivity index is 2.22. The number of nitrogen functional groups attached to an aromatic ring is 1. The van der Waals surface area contributed by atoms with E-state index in [4.69, 9.17) is 17.3 Å². The zero-order valence-corrected chi connectivity index (χ0v) is 10.5. The van der Waals surface area contributed by atoms with Crippen molar-refractivity contribution >= 4 is 28.9 Å². The maximum Gasteiger partial charge on any atom is 0.255 e. The number of benzene rings is 1. The van der Waals surface area contributed by atoms with Crippen LogP contribution in [0.2, 0.25) is 5.02 Å². The number of rotatable bonds is 2. The number of halogens is 1. The molecule has 1 aromatic heterocycles. The van der Waals surface area contributed by atoms with Crippen molar-refractivity contribution in [3.05, 3.63) is 52.8 Å². The average Bonchev–Trinajstić information content (AvgIpc) is 2.27. The fourth-order valence-electron chi connectivity index (χ4n) is 1.57. The minimum atomic E-state index is -0.267. The Hall–Kier alpha value is -2.07. The largest absolute Gasteiger partial charge is 0.399 e. The first-order valence-corrected chi connectivity index (χ1v) is 5.71. The summed E-state index contributed by atoms with van der Waals surface area (Å²) in [5, 5.41) is 3.17. The topological polar surface area (TPSA) is 68.0 Å². The molecule has 0 unspecified atom stereocenters. The molecule has 0 aliphatic heterocycles. The molecule has 2 aromatic rings. The van der Waals surface area contributed by atoms with Crippen LogP contribution >= 0.6 is 11.6 Å². The maximum absolute atomic E-state index is 12.0. The van der Waals surface area contributed by atoms with Crippen LogP contribution < -0.4 is 11.1 Å². The first kappa shape index (κ1) is 12.4. The molecular formula is C13H12ClN3O. The molecule has 0 atom stereocenters. The Bertz CT molecular complexity index is 578. The number of pyridine rings is 1. The van der Waals surface area contributed by atoms with Gasteiger partial charge >= 0.3 is 0 Å². The average molecular weight is 262 g/mol. The maximum atomic E-state index is 12.0. The quantitative estimate of drug-likeness (QED) is 0.817. The van der Waals surface area contributed by atoms with Crippen molar-refractivity contribution in [1.82, 2.24) is 4.98 Å². The summed E-state index contributed by atoms with van der Waals surface area (Å²) in [5.74, 6) is -0.267. The number of aromatic nitrogens is 1. The van der Waals surface area contributed by atoms with E-state index >= 15 is 0 Å². The molecule has 2 rings (SSSR count). The zero-order valence-electron chi connectivity index (χ0n) is 9.77. The Labute approximate surface area is 110 Å². The minimum absolute atomic E-state index is 0.267. The highest BCUT2D eigenvalue weighted by molar-refractivity contribution is 6.31. The molecule has 3 N–H and O–H groups in total. The van der Waals surface area contributed by atoms with E-state index in [1.54, 1.807) is 30.6 Å². The summed E-state index contributed by atoms with van der Waals surface area (Å²) in [5.41, 5.74) is 8.12. The highest BCUT2D eigenvalue weighted by Gasteiger charge is 2.08. The summed E-state index contributed by atoms with van der Waals surface area (Å²) < 4.78 is 0. The Morgan fingerprint density at radius 1 is 1.28 bits per heavy atom. The van der Waals surface area contributed by atoms with Crippen LogP contribution in [0.5, 0.6) is 0 Å². The van der Waals surface area contributed by atoms with E-state index in [1.165, 1.54) is 0 Å². The molecule has 1 aromatic carbocycles. The van der Waals surface area contributed by atoms with Gasteiger partial charge in [0.1, 0.15) is 0 Å². The number of carbonyl (C=O) groups is 1. The van der Waals surface area contributed by atoms with E-state index < -0.39 is 0 Å². The highest BCUT2D eigenvalue weighted by atomic mass is 35.5. The fraction of sp³-hybridized carbons (Fsp3) is 0.0769. The highest BCUT2D eigenvalue weighted by Crippen LogP contribution is 2.18. The normalized spacial score (nSPS) is 10.1. The van der Waals surface area contributed by atoms with Gasteiger partial charge in [-0.05, 0) is 36.8 Å². The molecule has 0 aliphatic carbocycles. The van der Waals surface area contributed by atoms with Crippen LogP contribution in [0.3, 0.4) is 0 Å². The van der Waals surface area contributed by atoms with Gasteiger partial charge in [-0.2, -0.15) is 0 Å². The Morgan fingerprint density at radius 3 is 2.72 bits per heavy atom. The number of hydrogen-bond acceptors (Lipinski definition) is 3. The third-order valence-electron chi connectivity index (χ3n) is 2.32. The lowest BCUT2D eigenvalue weighted by Gasteiger charge is -2.06. The van der Waals surface area contributed by atoms with Gasteiger partial charge in [-0.25, -0.2) is 0 Å². The molecule has 92 valence electrons.